The first kappa shape index (κ1) is 15.7. The van der Waals surface area contributed by atoms with Gasteiger partial charge >= 0.3 is 7.12 Å². The molecule has 0 unspecified atom stereocenters. The van der Waals surface area contributed by atoms with Crippen molar-refractivity contribution in [1.29, 1.82) is 0 Å². The summed E-state index contributed by atoms with van der Waals surface area (Å²) in [7, 11) is -1.34. The molecule has 0 atom stereocenters. The Morgan fingerprint density at radius 3 is 2.14 bits per heavy atom. The van der Waals surface area contributed by atoms with Crippen molar-refractivity contribution in [3.63, 3.8) is 0 Å². The predicted molar refractivity (Wildman–Crippen MR) is 84.8 cm³/mol. The molecule has 0 spiro atoms. The average Bonchev–Trinajstić information content (AvgIpc) is 2.50. The van der Waals surface area contributed by atoms with Crippen LogP contribution in [0.15, 0.2) is 60.9 Å². The van der Waals surface area contributed by atoms with Gasteiger partial charge in [0.15, 0.2) is 11.5 Å². The van der Waals surface area contributed by atoms with Gasteiger partial charge < -0.3 is 25.0 Å². The van der Waals surface area contributed by atoms with Crippen LogP contribution in [0.5, 0.6) is 17.2 Å². The van der Waals surface area contributed by atoms with Crippen LogP contribution < -0.4 is 10.2 Å². The third kappa shape index (κ3) is 3.91. The Hall–Kier alpha value is -2.70. The summed E-state index contributed by atoms with van der Waals surface area (Å²) in [5.41, 5.74) is 1.25. The second-order valence-electron chi connectivity index (χ2n) is 4.56. The quantitative estimate of drug-likeness (QED) is 0.472. The van der Waals surface area contributed by atoms with Crippen molar-refractivity contribution >= 4 is 18.7 Å². The van der Waals surface area contributed by atoms with E-state index in [9.17, 15) is 10.2 Å². The summed E-state index contributed by atoms with van der Waals surface area (Å²) < 4.78 is 5.22. The molecule has 0 aromatic heterocycles. The van der Waals surface area contributed by atoms with E-state index in [4.69, 9.17) is 14.8 Å². The summed E-state index contributed by atoms with van der Waals surface area (Å²) >= 11 is 0. The fourth-order valence-electron chi connectivity index (χ4n) is 1.78. The molecule has 1 heterocycles. The van der Waals surface area contributed by atoms with Crippen LogP contribution in [0.25, 0.3) is 6.08 Å². The third-order valence-corrected chi connectivity index (χ3v) is 2.89. The highest BCUT2D eigenvalue weighted by molar-refractivity contribution is 6.58. The summed E-state index contributed by atoms with van der Waals surface area (Å²) in [5, 5.41) is 35.5. The van der Waals surface area contributed by atoms with Gasteiger partial charge in [-0.2, -0.15) is 0 Å². The summed E-state index contributed by atoms with van der Waals surface area (Å²) in [5.74, 6) is 0.668. The maximum atomic E-state index is 9.18. The smallest absolute Gasteiger partial charge is 0.488 e. The molecule has 1 aliphatic rings. The van der Waals surface area contributed by atoms with E-state index in [-0.39, 0.29) is 11.5 Å². The number of allylic oxidation sites excluding steroid dienone is 1. The molecule has 0 amide bonds. The Morgan fingerprint density at radius 2 is 1.55 bits per heavy atom. The second kappa shape index (κ2) is 6.84. The topological polar surface area (TPSA) is 90.2 Å². The SMILES string of the molecule is C=C1C=Cc2cc(O)c(O)cc2O1.OB(O)c1ccccc1. The van der Waals surface area contributed by atoms with Gasteiger partial charge in [-0.25, -0.2) is 0 Å². The minimum absolute atomic E-state index is 0.153. The van der Waals surface area contributed by atoms with Crippen LogP contribution >= 0.6 is 0 Å². The van der Waals surface area contributed by atoms with Gasteiger partial charge in [0.2, 0.25) is 0 Å². The van der Waals surface area contributed by atoms with Crippen LogP contribution in [0.2, 0.25) is 0 Å². The Kier molecular flexibility index (Phi) is 4.88. The van der Waals surface area contributed by atoms with Gasteiger partial charge in [-0.3, -0.25) is 0 Å². The van der Waals surface area contributed by atoms with E-state index < -0.39 is 7.12 Å². The second-order valence-corrected chi connectivity index (χ2v) is 4.56. The molecule has 0 saturated carbocycles. The van der Waals surface area contributed by atoms with Gasteiger partial charge in [-0.15, -0.1) is 0 Å². The summed E-state index contributed by atoms with van der Waals surface area (Å²) in [6.45, 7) is 3.61. The standard InChI is InChI=1S/C10H8O3.C6H7BO2/c1-6-2-3-7-4-8(11)9(12)5-10(7)13-6;8-7(9)6-4-2-1-3-5-6/h2-5,11-12H,1H2;1-5,8-9H. The van der Waals surface area contributed by atoms with E-state index in [0.717, 1.165) is 5.56 Å². The Morgan fingerprint density at radius 1 is 0.909 bits per heavy atom. The molecule has 1 aliphatic heterocycles. The van der Waals surface area contributed by atoms with Gasteiger partial charge in [0.05, 0.1) is 0 Å². The number of benzene rings is 2. The summed E-state index contributed by atoms with van der Waals surface area (Å²) in [6, 6.07) is 11.5. The van der Waals surface area contributed by atoms with E-state index in [2.05, 4.69) is 6.58 Å². The van der Waals surface area contributed by atoms with Crippen LogP contribution in [0.3, 0.4) is 0 Å². The number of phenols is 2. The first-order valence-corrected chi connectivity index (χ1v) is 6.49. The van der Waals surface area contributed by atoms with E-state index in [1.54, 1.807) is 36.4 Å². The van der Waals surface area contributed by atoms with Crippen molar-refractivity contribution in [3.05, 3.63) is 66.4 Å². The van der Waals surface area contributed by atoms with E-state index in [1.165, 1.54) is 12.1 Å². The number of aromatic hydroxyl groups is 2. The van der Waals surface area contributed by atoms with Gasteiger partial charge in [0, 0.05) is 11.6 Å². The molecule has 0 fully saturated rings. The molecule has 2 aromatic rings. The van der Waals surface area contributed by atoms with Crippen molar-refractivity contribution in [2.45, 2.75) is 0 Å². The van der Waals surface area contributed by atoms with Crippen LogP contribution in [0, 0.1) is 0 Å². The zero-order valence-corrected chi connectivity index (χ0v) is 11.7. The van der Waals surface area contributed by atoms with E-state index in [1.807, 2.05) is 6.07 Å². The third-order valence-electron chi connectivity index (χ3n) is 2.89. The zero-order valence-electron chi connectivity index (χ0n) is 11.7. The van der Waals surface area contributed by atoms with Crippen molar-refractivity contribution in [1.82, 2.24) is 0 Å². The van der Waals surface area contributed by atoms with Gasteiger partial charge in [0.25, 0.3) is 0 Å². The van der Waals surface area contributed by atoms with Gasteiger partial charge in [-0.1, -0.05) is 36.9 Å². The summed E-state index contributed by atoms with van der Waals surface area (Å²) in [4.78, 5) is 0. The number of hydrogen-bond donors (Lipinski definition) is 4. The maximum Gasteiger partial charge on any atom is 0.488 e. The van der Waals surface area contributed by atoms with Crippen LogP contribution in [0.1, 0.15) is 5.56 Å². The van der Waals surface area contributed by atoms with Crippen LogP contribution in [-0.4, -0.2) is 27.4 Å². The minimum atomic E-state index is -1.34. The molecule has 0 saturated heterocycles. The van der Waals surface area contributed by atoms with Gasteiger partial charge in [-0.05, 0) is 23.7 Å². The molecule has 5 nitrogen and oxygen atoms in total. The highest BCUT2D eigenvalue weighted by atomic mass is 16.5. The fourth-order valence-corrected chi connectivity index (χ4v) is 1.78. The van der Waals surface area contributed by atoms with Crippen molar-refractivity contribution < 1.29 is 25.0 Å². The number of fused-ring (bicyclic) bond motifs is 1. The molecule has 0 radical (unpaired) electrons. The Bertz CT molecular complexity index is 695. The number of rotatable bonds is 1. The first-order valence-electron chi connectivity index (χ1n) is 6.49. The Labute approximate surface area is 128 Å². The highest BCUT2D eigenvalue weighted by Crippen LogP contribution is 2.36. The number of phenolic OH excluding ortho intramolecular Hbond substituents is 2. The molecule has 0 bridgehead atoms. The molecule has 3 rings (SSSR count). The number of ether oxygens (including phenoxy) is 1. The average molecular weight is 298 g/mol. The van der Waals surface area contributed by atoms with Crippen molar-refractivity contribution in [3.8, 4) is 17.2 Å². The monoisotopic (exact) mass is 298 g/mol. The normalized spacial score (nSPS) is 11.8. The van der Waals surface area contributed by atoms with E-state index >= 15 is 0 Å². The van der Waals surface area contributed by atoms with Crippen LogP contribution in [-0.2, 0) is 0 Å². The van der Waals surface area contributed by atoms with E-state index in [0.29, 0.717) is 17.0 Å². The van der Waals surface area contributed by atoms with Gasteiger partial charge in [0.1, 0.15) is 11.5 Å². The molecular weight excluding hydrogens is 283 g/mol. The minimum Gasteiger partial charge on any atom is -0.504 e. The molecule has 6 heteroatoms. The van der Waals surface area contributed by atoms with Crippen molar-refractivity contribution in [2.24, 2.45) is 0 Å². The molecular formula is C16H15BO5. The lowest BCUT2D eigenvalue weighted by Gasteiger charge is -2.14. The Balaban J connectivity index is 0.000000172. The highest BCUT2D eigenvalue weighted by Gasteiger charge is 2.11. The molecule has 112 valence electrons. The van der Waals surface area contributed by atoms with Crippen molar-refractivity contribution in [2.75, 3.05) is 0 Å². The lowest BCUT2D eigenvalue weighted by atomic mass is 9.81. The maximum absolute atomic E-state index is 9.18. The molecule has 4 N–H and O–H groups in total. The first-order chi connectivity index (χ1) is 10.5. The number of hydrogen-bond acceptors (Lipinski definition) is 5. The lowest BCUT2D eigenvalue weighted by molar-refractivity contribution is 0.393. The molecule has 22 heavy (non-hydrogen) atoms. The molecule has 0 aliphatic carbocycles. The summed E-state index contributed by atoms with van der Waals surface area (Å²) in [6.07, 6.45) is 3.46. The zero-order chi connectivity index (χ0) is 16.1. The lowest BCUT2D eigenvalue weighted by Crippen LogP contribution is -2.29. The fraction of sp³-hybridized carbons (Fsp3) is 0. The largest absolute Gasteiger partial charge is 0.504 e. The predicted octanol–water partition coefficient (Wildman–Crippen LogP) is 1.38. The molecule has 2 aromatic carbocycles. The van der Waals surface area contributed by atoms with Crippen LogP contribution in [0.4, 0.5) is 0 Å².